The van der Waals surface area contributed by atoms with Gasteiger partial charge in [0.25, 0.3) is 0 Å². The lowest BCUT2D eigenvalue weighted by molar-refractivity contribution is 0.0832. The lowest BCUT2D eigenvalue weighted by Crippen LogP contribution is -2.28. The number of anilines is 1. The van der Waals surface area contributed by atoms with Crippen LogP contribution in [0.15, 0.2) is 40.2 Å². The molecule has 1 fully saturated rings. The normalized spacial score (nSPS) is 28.6. The molecule has 19 heavy (non-hydrogen) atoms. The minimum Gasteiger partial charge on any atom is -0.377 e. The van der Waals surface area contributed by atoms with E-state index >= 15 is 0 Å². The van der Waals surface area contributed by atoms with Gasteiger partial charge in [-0.25, -0.2) is 0 Å². The first-order chi connectivity index (χ1) is 9.33. The van der Waals surface area contributed by atoms with Crippen LogP contribution in [-0.4, -0.2) is 6.61 Å². The summed E-state index contributed by atoms with van der Waals surface area (Å²) in [7, 11) is 0. The van der Waals surface area contributed by atoms with Crippen molar-refractivity contribution in [1.29, 1.82) is 0 Å². The quantitative estimate of drug-likeness (QED) is 0.811. The van der Waals surface area contributed by atoms with E-state index in [1.54, 1.807) is 0 Å². The molecule has 3 heterocycles. The van der Waals surface area contributed by atoms with Gasteiger partial charge in [0, 0.05) is 33.1 Å². The summed E-state index contributed by atoms with van der Waals surface area (Å²) < 4.78 is 7.13. The SMILES string of the molecule is Brc1ccc2c(c1)[C@@H]1OCC[C@@H]1[C@@H](c1cccs1)N2. The number of thiophene rings is 1. The molecule has 0 bridgehead atoms. The van der Waals surface area contributed by atoms with Crippen molar-refractivity contribution in [3.63, 3.8) is 0 Å². The Kier molecular flexibility index (Phi) is 2.90. The molecule has 2 aromatic rings. The Labute approximate surface area is 124 Å². The summed E-state index contributed by atoms with van der Waals surface area (Å²) in [5.41, 5.74) is 2.51. The highest BCUT2D eigenvalue weighted by atomic mass is 79.9. The second-order valence-corrected chi connectivity index (χ2v) is 7.01. The molecule has 98 valence electrons. The molecule has 4 heteroatoms. The average Bonchev–Trinajstić information content (AvgIpc) is 3.09. The Bertz CT molecular complexity index is 598. The highest BCUT2D eigenvalue weighted by Crippen LogP contribution is 2.50. The van der Waals surface area contributed by atoms with Crippen molar-refractivity contribution in [1.82, 2.24) is 0 Å². The van der Waals surface area contributed by atoms with Crippen molar-refractivity contribution in [2.75, 3.05) is 11.9 Å². The number of hydrogen-bond donors (Lipinski definition) is 1. The third kappa shape index (κ3) is 1.93. The molecular formula is C15H14BrNOS. The molecule has 2 aliphatic heterocycles. The summed E-state index contributed by atoms with van der Waals surface area (Å²) >= 11 is 5.39. The van der Waals surface area contributed by atoms with Crippen LogP contribution in [0.5, 0.6) is 0 Å². The Balaban J connectivity index is 1.80. The maximum atomic E-state index is 6.01. The number of fused-ring (bicyclic) bond motifs is 3. The first kappa shape index (κ1) is 11.9. The molecular weight excluding hydrogens is 322 g/mol. The van der Waals surface area contributed by atoms with Crippen molar-refractivity contribution in [3.05, 3.63) is 50.6 Å². The lowest BCUT2D eigenvalue weighted by Gasteiger charge is -2.35. The molecule has 0 unspecified atom stereocenters. The van der Waals surface area contributed by atoms with Crippen LogP contribution in [-0.2, 0) is 4.74 Å². The topological polar surface area (TPSA) is 21.3 Å². The van der Waals surface area contributed by atoms with Crippen LogP contribution in [0, 0.1) is 5.92 Å². The van der Waals surface area contributed by atoms with Crippen LogP contribution in [0.25, 0.3) is 0 Å². The number of ether oxygens (including phenoxy) is 1. The van der Waals surface area contributed by atoms with E-state index in [1.165, 1.54) is 16.1 Å². The van der Waals surface area contributed by atoms with Gasteiger partial charge in [-0.2, -0.15) is 0 Å². The van der Waals surface area contributed by atoms with Gasteiger partial charge in [0.05, 0.1) is 12.1 Å². The van der Waals surface area contributed by atoms with E-state index in [0.717, 1.165) is 17.5 Å². The fourth-order valence-electron chi connectivity index (χ4n) is 3.19. The van der Waals surface area contributed by atoms with Gasteiger partial charge in [-0.1, -0.05) is 22.0 Å². The molecule has 0 aliphatic carbocycles. The minimum absolute atomic E-state index is 0.237. The van der Waals surface area contributed by atoms with Crippen molar-refractivity contribution >= 4 is 33.0 Å². The highest BCUT2D eigenvalue weighted by molar-refractivity contribution is 9.10. The summed E-state index contributed by atoms with van der Waals surface area (Å²) in [5.74, 6) is 0.542. The van der Waals surface area contributed by atoms with Gasteiger partial charge in [-0.05, 0) is 36.1 Å². The van der Waals surface area contributed by atoms with E-state index in [-0.39, 0.29) is 6.10 Å². The molecule has 3 atom stereocenters. The Morgan fingerprint density at radius 1 is 1.32 bits per heavy atom. The molecule has 2 aliphatic rings. The number of halogens is 1. The second kappa shape index (κ2) is 4.62. The number of rotatable bonds is 1. The number of benzene rings is 1. The molecule has 0 spiro atoms. The van der Waals surface area contributed by atoms with Gasteiger partial charge in [0.1, 0.15) is 0 Å². The fourth-order valence-corrected chi connectivity index (χ4v) is 4.42. The summed E-state index contributed by atoms with van der Waals surface area (Å²) in [6.45, 7) is 0.866. The molecule has 4 rings (SSSR count). The second-order valence-electron chi connectivity index (χ2n) is 5.11. The van der Waals surface area contributed by atoms with Crippen LogP contribution in [0.1, 0.15) is 29.0 Å². The van der Waals surface area contributed by atoms with E-state index in [1.807, 2.05) is 11.3 Å². The lowest BCUT2D eigenvalue weighted by atomic mass is 9.83. The average molecular weight is 336 g/mol. The first-order valence-electron chi connectivity index (χ1n) is 6.54. The molecule has 0 radical (unpaired) electrons. The smallest absolute Gasteiger partial charge is 0.0897 e. The van der Waals surface area contributed by atoms with Crippen LogP contribution < -0.4 is 5.32 Å². The molecule has 2 nitrogen and oxygen atoms in total. The van der Waals surface area contributed by atoms with Crippen LogP contribution in [0.2, 0.25) is 0 Å². The van der Waals surface area contributed by atoms with Gasteiger partial charge in [-0.15, -0.1) is 11.3 Å². The minimum atomic E-state index is 0.237. The molecule has 1 aromatic carbocycles. The Hall–Kier alpha value is -0.840. The maximum absolute atomic E-state index is 6.01. The molecule has 0 saturated carbocycles. The van der Waals surface area contributed by atoms with Gasteiger partial charge in [-0.3, -0.25) is 0 Å². The van der Waals surface area contributed by atoms with Gasteiger partial charge in [0.2, 0.25) is 0 Å². The van der Waals surface area contributed by atoms with E-state index in [2.05, 4.69) is 57.0 Å². The summed E-state index contributed by atoms with van der Waals surface area (Å²) in [6, 6.07) is 11.2. The summed E-state index contributed by atoms with van der Waals surface area (Å²) in [4.78, 5) is 1.41. The zero-order chi connectivity index (χ0) is 12.8. The van der Waals surface area contributed by atoms with Crippen molar-refractivity contribution in [3.8, 4) is 0 Å². The third-order valence-electron chi connectivity index (χ3n) is 4.05. The van der Waals surface area contributed by atoms with Gasteiger partial charge < -0.3 is 10.1 Å². The van der Waals surface area contributed by atoms with Crippen molar-refractivity contribution in [2.24, 2.45) is 5.92 Å². The van der Waals surface area contributed by atoms with E-state index in [4.69, 9.17) is 4.74 Å². The number of nitrogens with one attached hydrogen (secondary N) is 1. The monoisotopic (exact) mass is 335 g/mol. The Morgan fingerprint density at radius 2 is 2.26 bits per heavy atom. The predicted molar refractivity (Wildman–Crippen MR) is 81.6 cm³/mol. The third-order valence-corrected chi connectivity index (χ3v) is 5.50. The summed E-state index contributed by atoms with van der Waals surface area (Å²) in [6.07, 6.45) is 1.37. The van der Waals surface area contributed by atoms with Crippen LogP contribution in [0.4, 0.5) is 5.69 Å². The Morgan fingerprint density at radius 3 is 3.11 bits per heavy atom. The van der Waals surface area contributed by atoms with Crippen LogP contribution >= 0.6 is 27.3 Å². The van der Waals surface area contributed by atoms with Crippen molar-refractivity contribution < 1.29 is 4.74 Å². The standard InChI is InChI=1S/C15H14BrNOS/c16-9-3-4-12-11(8-9)15-10(5-6-18-15)14(17-12)13-2-1-7-19-13/h1-4,7-8,10,14-15,17H,5-6H2/t10-,14+,15-/m1/s1. The largest absolute Gasteiger partial charge is 0.377 e. The molecule has 0 amide bonds. The molecule has 1 aromatic heterocycles. The zero-order valence-corrected chi connectivity index (χ0v) is 12.7. The van der Waals surface area contributed by atoms with Gasteiger partial charge in [0.15, 0.2) is 0 Å². The van der Waals surface area contributed by atoms with Gasteiger partial charge >= 0.3 is 0 Å². The van der Waals surface area contributed by atoms with Crippen molar-refractivity contribution in [2.45, 2.75) is 18.6 Å². The van der Waals surface area contributed by atoms with Crippen LogP contribution in [0.3, 0.4) is 0 Å². The zero-order valence-electron chi connectivity index (χ0n) is 10.3. The molecule has 1 N–H and O–H groups in total. The molecule has 1 saturated heterocycles. The number of hydrogen-bond acceptors (Lipinski definition) is 3. The maximum Gasteiger partial charge on any atom is 0.0897 e. The van der Waals surface area contributed by atoms with E-state index in [0.29, 0.717) is 12.0 Å². The predicted octanol–water partition coefficient (Wildman–Crippen LogP) is 4.76. The summed E-state index contributed by atoms with van der Waals surface area (Å²) in [5, 5.41) is 5.86. The van der Waals surface area contributed by atoms with E-state index < -0.39 is 0 Å². The fraction of sp³-hybridized carbons (Fsp3) is 0.333. The van der Waals surface area contributed by atoms with E-state index in [9.17, 15) is 0 Å². The highest BCUT2D eigenvalue weighted by Gasteiger charge is 2.41. The first-order valence-corrected chi connectivity index (χ1v) is 8.21.